The van der Waals surface area contributed by atoms with Crippen molar-refractivity contribution < 1.29 is 4.79 Å². The number of hydrogen-bond acceptors (Lipinski definition) is 2. The van der Waals surface area contributed by atoms with Crippen molar-refractivity contribution in [3.63, 3.8) is 0 Å². The van der Waals surface area contributed by atoms with Gasteiger partial charge in [0, 0.05) is 22.6 Å². The lowest BCUT2D eigenvalue weighted by Gasteiger charge is -2.12. The number of halogens is 2. The van der Waals surface area contributed by atoms with Gasteiger partial charge in [0.25, 0.3) is 5.91 Å². The molecule has 0 bridgehead atoms. The lowest BCUT2D eigenvalue weighted by molar-refractivity contribution is 0.0950. The standard InChI is InChI=1S/C16H17BrN2O.ClH/c17-14-6-5-11-7-13(4-3-12(11)8-14)16(20)19-9-15(18)10-1-2-10;/h3-8,10,15H,1-2,9,18H2,(H,19,20);1H. The first kappa shape index (κ1) is 16.3. The molecule has 1 saturated carbocycles. The Bertz CT molecular complexity index is 658. The second-order valence-electron chi connectivity index (χ2n) is 5.42. The fourth-order valence-corrected chi connectivity index (χ4v) is 2.74. The molecular weight excluding hydrogens is 352 g/mol. The molecule has 3 N–H and O–H groups in total. The zero-order chi connectivity index (χ0) is 14.1. The summed E-state index contributed by atoms with van der Waals surface area (Å²) >= 11 is 3.45. The van der Waals surface area contributed by atoms with Gasteiger partial charge in [-0.15, -0.1) is 12.4 Å². The Morgan fingerprint density at radius 2 is 1.90 bits per heavy atom. The molecule has 21 heavy (non-hydrogen) atoms. The largest absolute Gasteiger partial charge is 0.350 e. The van der Waals surface area contributed by atoms with E-state index in [1.54, 1.807) is 0 Å². The summed E-state index contributed by atoms with van der Waals surface area (Å²) in [6, 6.07) is 11.9. The molecule has 0 saturated heterocycles. The van der Waals surface area contributed by atoms with Crippen LogP contribution in [0.4, 0.5) is 0 Å². The number of amides is 1. The van der Waals surface area contributed by atoms with E-state index in [9.17, 15) is 4.79 Å². The Kier molecular flexibility index (Phi) is 5.25. The zero-order valence-corrected chi connectivity index (χ0v) is 13.9. The van der Waals surface area contributed by atoms with E-state index in [1.807, 2.05) is 36.4 Å². The van der Waals surface area contributed by atoms with Crippen molar-refractivity contribution in [1.82, 2.24) is 5.32 Å². The van der Waals surface area contributed by atoms with Crippen LogP contribution in [0.15, 0.2) is 40.9 Å². The molecule has 1 amide bonds. The van der Waals surface area contributed by atoms with E-state index in [2.05, 4.69) is 21.2 Å². The number of carbonyl (C=O) groups is 1. The Balaban J connectivity index is 0.00000161. The monoisotopic (exact) mass is 368 g/mol. The van der Waals surface area contributed by atoms with Crippen molar-refractivity contribution in [2.45, 2.75) is 18.9 Å². The molecule has 1 fully saturated rings. The third-order valence-corrected chi connectivity index (χ3v) is 4.28. The van der Waals surface area contributed by atoms with E-state index in [-0.39, 0.29) is 24.4 Å². The third kappa shape index (κ3) is 3.96. The van der Waals surface area contributed by atoms with E-state index in [4.69, 9.17) is 5.73 Å². The van der Waals surface area contributed by atoms with Gasteiger partial charge in [0.05, 0.1) is 0 Å². The molecule has 1 aliphatic carbocycles. The van der Waals surface area contributed by atoms with Gasteiger partial charge in [-0.3, -0.25) is 4.79 Å². The maximum Gasteiger partial charge on any atom is 0.251 e. The van der Waals surface area contributed by atoms with Crippen LogP contribution in [-0.4, -0.2) is 18.5 Å². The number of nitrogens with two attached hydrogens (primary N) is 1. The highest BCUT2D eigenvalue weighted by atomic mass is 79.9. The Labute approximate surface area is 138 Å². The van der Waals surface area contributed by atoms with Gasteiger partial charge in [-0.1, -0.05) is 28.1 Å². The maximum atomic E-state index is 12.1. The molecule has 3 nitrogen and oxygen atoms in total. The van der Waals surface area contributed by atoms with E-state index in [1.165, 1.54) is 12.8 Å². The first-order chi connectivity index (χ1) is 9.63. The summed E-state index contributed by atoms with van der Waals surface area (Å²) < 4.78 is 1.04. The van der Waals surface area contributed by atoms with Crippen LogP contribution in [0.3, 0.4) is 0 Å². The van der Waals surface area contributed by atoms with Crippen LogP contribution in [0.1, 0.15) is 23.2 Å². The quantitative estimate of drug-likeness (QED) is 0.867. The van der Waals surface area contributed by atoms with Crippen LogP contribution in [0.5, 0.6) is 0 Å². The smallest absolute Gasteiger partial charge is 0.251 e. The summed E-state index contributed by atoms with van der Waals surface area (Å²) in [7, 11) is 0. The average Bonchev–Trinajstić information content (AvgIpc) is 3.28. The fraction of sp³-hybridized carbons (Fsp3) is 0.312. The van der Waals surface area contributed by atoms with Gasteiger partial charge in [-0.2, -0.15) is 0 Å². The van der Waals surface area contributed by atoms with Crippen molar-refractivity contribution in [3.05, 3.63) is 46.4 Å². The highest BCUT2D eigenvalue weighted by molar-refractivity contribution is 9.10. The first-order valence-electron chi connectivity index (χ1n) is 6.86. The third-order valence-electron chi connectivity index (χ3n) is 3.79. The van der Waals surface area contributed by atoms with Crippen LogP contribution < -0.4 is 11.1 Å². The fourth-order valence-electron chi connectivity index (χ4n) is 2.36. The number of carbonyl (C=O) groups excluding carboxylic acids is 1. The van der Waals surface area contributed by atoms with Crippen molar-refractivity contribution in [3.8, 4) is 0 Å². The Morgan fingerprint density at radius 1 is 1.24 bits per heavy atom. The zero-order valence-electron chi connectivity index (χ0n) is 11.5. The Morgan fingerprint density at radius 3 is 2.62 bits per heavy atom. The van der Waals surface area contributed by atoms with Crippen LogP contribution >= 0.6 is 28.3 Å². The summed E-state index contributed by atoms with van der Waals surface area (Å²) in [5.41, 5.74) is 6.68. The number of fused-ring (bicyclic) bond motifs is 1. The van der Waals surface area contributed by atoms with Crippen molar-refractivity contribution in [2.24, 2.45) is 11.7 Å². The lowest BCUT2D eigenvalue weighted by Crippen LogP contribution is -2.38. The van der Waals surface area contributed by atoms with Gasteiger partial charge in [-0.05, 0) is 53.8 Å². The summed E-state index contributed by atoms with van der Waals surface area (Å²) in [4.78, 5) is 12.1. The van der Waals surface area contributed by atoms with Gasteiger partial charge < -0.3 is 11.1 Å². The molecule has 0 spiro atoms. The number of hydrogen-bond donors (Lipinski definition) is 2. The molecule has 0 heterocycles. The molecular formula is C16H18BrClN2O. The second-order valence-corrected chi connectivity index (χ2v) is 6.33. The van der Waals surface area contributed by atoms with Crippen LogP contribution in [0.2, 0.25) is 0 Å². The normalized spacial score (nSPS) is 15.3. The number of nitrogens with one attached hydrogen (secondary N) is 1. The van der Waals surface area contributed by atoms with E-state index in [0.717, 1.165) is 15.2 Å². The molecule has 0 aliphatic heterocycles. The van der Waals surface area contributed by atoms with Crippen LogP contribution in [-0.2, 0) is 0 Å². The number of rotatable bonds is 4. The SMILES string of the molecule is Cl.NC(CNC(=O)c1ccc2cc(Br)ccc2c1)C1CC1. The molecule has 112 valence electrons. The average molecular weight is 370 g/mol. The highest BCUT2D eigenvalue weighted by Gasteiger charge is 2.28. The van der Waals surface area contributed by atoms with Crippen molar-refractivity contribution in [1.29, 1.82) is 0 Å². The maximum absolute atomic E-state index is 12.1. The van der Waals surface area contributed by atoms with E-state index >= 15 is 0 Å². The van der Waals surface area contributed by atoms with Gasteiger partial charge in [0.15, 0.2) is 0 Å². The van der Waals surface area contributed by atoms with Gasteiger partial charge in [-0.25, -0.2) is 0 Å². The van der Waals surface area contributed by atoms with E-state index < -0.39 is 0 Å². The minimum atomic E-state index is -0.0501. The van der Waals surface area contributed by atoms with Crippen molar-refractivity contribution >= 4 is 45.0 Å². The predicted octanol–water partition coefficient (Wildman–Crippen LogP) is 3.49. The molecule has 0 radical (unpaired) electrons. The molecule has 2 aromatic rings. The molecule has 0 aromatic heterocycles. The van der Waals surface area contributed by atoms with Gasteiger partial charge >= 0.3 is 0 Å². The number of benzene rings is 2. The summed E-state index contributed by atoms with van der Waals surface area (Å²) in [6.45, 7) is 0.557. The minimum Gasteiger partial charge on any atom is -0.350 e. The van der Waals surface area contributed by atoms with Crippen LogP contribution in [0, 0.1) is 5.92 Å². The molecule has 2 aromatic carbocycles. The Hall–Kier alpha value is -1.10. The van der Waals surface area contributed by atoms with E-state index in [0.29, 0.717) is 18.0 Å². The second kappa shape index (κ2) is 6.77. The first-order valence-corrected chi connectivity index (χ1v) is 7.66. The summed E-state index contributed by atoms with van der Waals surface area (Å²) in [6.07, 6.45) is 2.39. The minimum absolute atomic E-state index is 0. The molecule has 3 rings (SSSR count). The van der Waals surface area contributed by atoms with Gasteiger partial charge in [0.2, 0.25) is 0 Å². The molecule has 1 atom stereocenters. The van der Waals surface area contributed by atoms with Gasteiger partial charge in [0.1, 0.15) is 0 Å². The molecule has 5 heteroatoms. The van der Waals surface area contributed by atoms with Crippen molar-refractivity contribution in [2.75, 3.05) is 6.54 Å². The predicted molar refractivity (Wildman–Crippen MR) is 91.9 cm³/mol. The molecule has 1 unspecified atom stereocenters. The summed E-state index contributed by atoms with van der Waals surface area (Å²) in [5.74, 6) is 0.551. The summed E-state index contributed by atoms with van der Waals surface area (Å²) in [5, 5.41) is 5.10. The lowest BCUT2D eigenvalue weighted by atomic mass is 10.1. The van der Waals surface area contributed by atoms with Crippen LogP contribution in [0.25, 0.3) is 10.8 Å². The highest BCUT2D eigenvalue weighted by Crippen LogP contribution is 2.31. The topological polar surface area (TPSA) is 55.1 Å². The molecule has 1 aliphatic rings.